The highest BCUT2D eigenvalue weighted by Crippen LogP contribution is 2.39. The number of thiol groups is 1. The average Bonchev–Trinajstić information content (AvgIpc) is 2.43. The number of hydrogen-bond acceptors (Lipinski definition) is 2. The maximum atomic E-state index is 11.7. The largest absolute Gasteiger partial charge is 0.309 e. The minimum atomic E-state index is 0.0323. The van der Waals surface area contributed by atoms with E-state index >= 15 is 0 Å². The molecule has 0 saturated carbocycles. The fourth-order valence-corrected chi connectivity index (χ4v) is 3.53. The lowest BCUT2D eigenvalue weighted by Crippen LogP contribution is -2.25. The van der Waals surface area contributed by atoms with E-state index in [9.17, 15) is 4.79 Å². The minimum Gasteiger partial charge on any atom is -0.309 e. The number of hydrogen-bond donors (Lipinski definition) is 1. The third kappa shape index (κ3) is 2.35. The van der Waals surface area contributed by atoms with Crippen LogP contribution in [0.1, 0.15) is 6.42 Å². The van der Waals surface area contributed by atoms with Crippen LogP contribution in [0.25, 0.3) is 0 Å². The van der Waals surface area contributed by atoms with Crippen molar-refractivity contribution in [2.45, 2.75) is 11.7 Å². The van der Waals surface area contributed by atoms with Gasteiger partial charge in [0.15, 0.2) is 0 Å². The van der Waals surface area contributed by atoms with Crippen LogP contribution in [0.15, 0.2) is 16.6 Å². The molecule has 16 heavy (non-hydrogen) atoms. The average molecular weight is 341 g/mol. The number of halogens is 3. The van der Waals surface area contributed by atoms with Gasteiger partial charge in [-0.05, 0) is 28.1 Å². The molecule has 1 fully saturated rings. The summed E-state index contributed by atoms with van der Waals surface area (Å²) in [5, 5.41) is 1.07. The van der Waals surface area contributed by atoms with Crippen molar-refractivity contribution in [3.63, 3.8) is 0 Å². The molecule has 1 aromatic carbocycles. The van der Waals surface area contributed by atoms with Crippen LogP contribution in [0.4, 0.5) is 5.69 Å². The zero-order chi connectivity index (χ0) is 11.9. The Hall–Kier alpha value is 0.1000. The van der Waals surface area contributed by atoms with E-state index in [1.54, 1.807) is 17.0 Å². The Bertz CT molecular complexity index is 431. The lowest BCUT2D eigenvalue weighted by molar-refractivity contribution is -0.117. The first-order chi connectivity index (χ1) is 7.49. The molecule has 6 heteroatoms. The molecule has 0 N–H and O–H groups in total. The Morgan fingerprint density at radius 2 is 2.12 bits per heavy atom. The molecular formula is C10H8BrCl2NOS. The summed E-state index contributed by atoms with van der Waals surface area (Å²) in [6.45, 7) is 0.571. The van der Waals surface area contributed by atoms with Gasteiger partial charge in [0.05, 0.1) is 10.7 Å². The molecule has 0 bridgehead atoms. The first-order valence-electron chi connectivity index (χ1n) is 4.62. The molecule has 1 unspecified atom stereocenters. The number of rotatable bonds is 1. The molecular weight excluding hydrogens is 333 g/mol. The van der Waals surface area contributed by atoms with Crippen molar-refractivity contribution >= 4 is 63.4 Å². The fourth-order valence-electron chi connectivity index (χ4n) is 1.70. The third-order valence-corrected chi connectivity index (χ3v) is 3.81. The Labute approximate surface area is 117 Å². The SMILES string of the molecule is O=C1CC(S)CN1c1c(Cl)cc(Cl)cc1Br. The van der Waals surface area contributed by atoms with Crippen LogP contribution in [0, 0.1) is 0 Å². The monoisotopic (exact) mass is 339 g/mol. The number of amides is 1. The molecule has 1 atom stereocenters. The van der Waals surface area contributed by atoms with Crippen molar-refractivity contribution in [3.05, 3.63) is 26.7 Å². The van der Waals surface area contributed by atoms with Gasteiger partial charge in [-0.2, -0.15) is 12.6 Å². The van der Waals surface area contributed by atoms with E-state index in [1.807, 2.05) is 0 Å². The Balaban J connectivity index is 2.44. The molecule has 1 aromatic rings. The zero-order valence-electron chi connectivity index (χ0n) is 8.08. The summed E-state index contributed by atoms with van der Waals surface area (Å²) in [5.74, 6) is 0.0323. The highest BCUT2D eigenvalue weighted by molar-refractivity contribution is 9.10. The van der Waals surface area contributed by atoms with Crippen LogP contribution in [0.5, 0.6) is 0 Å². The van der Waals surface area contributed by atoms with Gasteiger partial charge in [-0.1, -0.05) is 23.2 Å². The second-order valence-electron chi connectivity index (χ2n) is 3.58. The quantitative estimate of drug-likeness (QED) is 0.771. The molecule has 1 aliphatic heterocycles. The summed E-state index contributed by atoms with van der Waals surface area (Å²) < 4.78 is 0.723. The second kappa shape index (κ2) is 4.77. The molecule has 0 spiro atoms. The summed E-state index contributed by atoms with van der Waals surface area (Å²) in [7, 11) is 0. The van der Waals surface area contributed by atoms with E-state index in [0.29, 0.717) is 28.7 Å². The van der Waals surface area contributed by atoms with Gasteiger partial charge in [0.25, 0.3) is 0 Å². The maximum Gasteiger partial charge on any atom is 0.228 e. The first-order valence-corrected chi connectivity index (χ1v) is 6.68. The van der Waals surface area contributed by atoms with E-state index in [2.05, 4.69) is 28.6 Å². The molecule has 1 heterocycles. The third-order valence-electron chi connectivity index (χ3n) is 2.36. The van der Waals surface area contributed by atoms with E-state index in [4.69, 9.17) is 23.2 Å². The summed E-state index contributed by atoms with van der Waals surface area (Å²) in [5.41, 5.74) is 0.674. The number of nitrogens with zero attached hydrogens (tertiary/aromatic N) is 1. The number of benzene rings is 1. The standard InChI is InChI=1S/C10H8BrCl2NOS/c11-7-1-5(12)2-8(13)10(7)14-4-6(16)3-9(14)15/h1-2,6,16H,3-4H2. The number of carbonyl (C=O) groups is 1. The van der Waals surface area contributed by atoms with Gasteiger partial charge in [0.1, 0.15) is 0 Å². The van der Waals surface area contributed by atoms with Crippen LogP contribution in [-0.4, -0.2) is 17.7 Å². The van der Waals surface area contributed by atoms with Crippen LogP contribution < -0.4 is 4.90 Å². The van der Waals surface area contributed by atoms with Crippen LogP contribution in [-0.2, 0) is 4.79 Å². The minimum absolute atomic E-state index is 0.0323. The lowest BCUT2D eigenvalue weighted by Gasteiger charge is -2.19. The summed E-state index contributed by atoms with van der Waals surface area (Å²) in [6.07, 6.45) is 0.439. The van der Waals surface area contributed by atoms with Crippen LogP contribution >= 0.6 is 51.8 Å². The van der Waals surface area contributed by atoms with Gasteiger partial charge in [0, 0.05) is 27.7 Å². The van der Waals surface area contributed by atoms with Gasteiger partial charge in [-0.3, -0.25) is 4.79 Å². The predicted octanol–water partition coefficient (Wildman–Crippen LogP) is 3.79. The molecule has 2 rings (SSSR count). The van der Waals surface area contributed by atoms with Crippen molar-refractivity contribution < 1.29 is 4.79 Å². The van der Waals surface area contributed by atoms with Gasteiger partial charge in [-0.15, -0.1) is 0 Å². The van der Waals surface area contributed by atoms with Crippen molar-refractivity contribution in [2.75, 3.05) is 11.4 Å². The molecule has 86 valence electrons. The molecule has 2 nitrogen and oxygen atoms in total. The Morgan fingerprint density at radius 1 is 1.44 bits per heavy atom. The van der Waals surface area contributed by atoms with Gasteiger partial charge >= 0.3 is 0 Å². The van der Waals surface area contributed by atoms with E-state index < -0.39 is 0 Å². The summed E-state index contributed by atoms with van der Waals surface area (Å²) in [6, 6.07) is 3.35. The van der Waals surface area contributed by atoms with E-state index in [-0.39, 0.29) is 11.2 Å². The van der Waals surface area contributed by atoms with E-state index in [1.165, 1.54) is 0 Å². The molecule has 1 aliphatic rings. The van der Waals surface area contributed by atoms with Gasteiger partial charge in [-0.25, -0.2) is 0 Å². The molecule has 0 aliphatic carbocycles. The predicted molar refractivity (Wildman–Crippen MR) is 73.9 cm³/mol. The Kier molecular flexibility index (Phi) is 3.74. The van der Waals surface area contributed by atoms with Crippen molar-refractivity contribution in [1.82, 2.24) is 0 Å². The van der Waals surface area contributed by atoms with Crippen molar-refractivity contribution in [2.24, 2.45) is 0 Å². The van der Waals surface area contributed by atoms with Gasteiger partial charge in [0.2, 0.25) is 5.91 Å². The molecule has 0 aromatic heterocycles. The van der Waals surface area contributed by atoms with E-state index in [0.717, 1.165) is 4.47 Å². The lowest BCUT2D eigenvalue weighted by atomic mass is 10.3. The molecule has 0 radical (unpaired) electrons. The van der Waals surface area contributed by atoms with Crippen molar-refractivity contribution in [1.29, 1.82) is 0 Å². The number of carbonyl (C=O) groups excluding carboxylic acids is 1. The topological polar surface area (TPSA) is 20.3 Å². The highest BCUT2D eigenvalue weighted by atomic mass is 79.9. The van der Waals surface area contributed by atoms with Crippen LogP contribution in [0.2, 0.25) is 10.0 Å². The van der Waals surface area contributed by atoms with Crippen LogP contribution in [0.3, 0.4) is 0 Å². The first kappa shape index (κ1) is 12.6. The second-order valence-corrected chi connectivity index (χ2v) is 6.01. The number of anilines is 1. The zero-order valence-corrected chi connectivity index (χ0v) is 12.1. The fraction of sp³-hybridized carbons (Fsp3) is 0.300. The highest BCUT2D eigenvalue weighted by Gasteiger charge is 2.30. The smallest absolute Gasteiger partial charge is 0.228 e. The normalized spacial score (nSPS) is 20.6. The van der Waals surface area contributed by atoms with Crippen molar-refractivity contribution in [3.8, 4) is 0 Å². The molecule has 1 saturated heterocycles. The van der Waals surface area contributed by atoms with Gasteiger partial charge < -0.3 is 4.90 Å². The summed E-state index contributed by atoms with van der Waals surface area (Å²) >= 11 is 19.6. The maximum absolute atomic E-state index is 11.7. The Morgan fingerprint density at radius 3 is 2.62 bits per heavy atom. The molecule has 1 amide bonds. The summed E-state index contributed by atoms with van der Waals surface area (Å²) in [4.78, 5) is 13.4.